The van der Waals surface area contributed by atoms with Crippen molar-refractivity contribution in [3.05, 3.63) is 114 Å². The Hall–Kier alpha value is -3.92. The predicted molar refractivity (Wildman–Crippen MR) is 127 cm³/mol. The van der Waals surface area contributed by atoms with Crippen molar-refractivity contribution in [2.24, 2.45) is 23.7 Å². The third kappa shape index (κ3) is 2.83. The molecule has 2 aliphatic carbocycles. The van der Waals surface area contributed by atoms with Gasteiger partial charge in [0, 0.05) is 11.8 Å². The average molecular weight is 434 g/mol. The number of carbonyl (C=O) groups is 2. The Morgan fingerprint density at radius 3 is 1.70 bits per heavy atom. The lowest BCUT2D eigenvalue weighted by Gasteiger charge is -2.22. The van der Waals surface area contributed by atoms with Crippen LogP contribution in [0.2, 0.25) is 0 Å². The number of ether oxygens (including phenoxy) is 1. The molecule has 0 radical (unpaired) electrons. The van der Waals surface area contributed by atoms with Crippen molar-refractivity contribution < 1.29 is 14.3 Å². The second kappa shape index (κ2) is 7.59. The van der Waals surface area contributed by atoms with Gasteiger partial charge >= 0.3 is 0 Å². The van der Waals surface area contributed by atoms with Crippen LogP contribution in [0.1, 0.15) is 11.1 Å². The lowest BCUT2D eigenvalue weighted by Crippen LogP contribution is -2.33. The Bertz CT molecular complexity index is 1230. The van der Waals surface area contributed by atoms with Gasteiger partial charge in [0.1, 0.15) is 5.75 Å². The van der Waals surface area contributed by atoms with Gasteiger partial charge in [0.25, 0.3) is 0 Å². The third-order valence-corrected chi connectivity index (χ3v) is 7.16. The fraction of sp³-hybridized carbons (Fsp3) is 0.172. The summed E-state index contributed by atoms with van der Waals surface area (Å²) in [6, 6.07) is 27.8. The quantitative estimate of drug-likeness (QED) is 0.424. The van der Waals surface area contributed by atoms with Crippen molar-refractivity contribution in [1.29, 1.82) is 0 Å². The molecule has 3 aromatic rings. The van der Waals surface area contributed by atoms with Gasteiger partial charge in [-0.2, -0.15) is 0 Å². The molecule has 1 aliphatic heterocycles. The number of hydrogen-bond acceptors (Lipinski definition) is 3. The monoisotopic (exact) mass is 433 g/mol. The van der Waals surface area contributed by atoms with Crippen LogP contribution in [0.15, 0.2) is 103 Å². The number of hydrogen-bond donors (Lipinski definition) is 0. The van der Waals surface area contributed by atoms with Crippen LogP contribution in [-0.4, -0.2) is 18.9 Å². The zero-order valence-corrected chi connectivity index (χ0v) is 18.2. The van der Waals surface area contributed by atoms with Crippen LogP contribution in [0.3, 0.4) is 0 Å². The lowest BCUT2D eigenvalue weighted by atomic mass is 9.85. The van der Waals surface area contributed by atoms with E-state index in [1.54, 1.807) is 19.2 Å². The lowest BCUT2D eigenvalue weighted by molar-refractivity contribution is -0.123. The molecule has 4 nitrogen and oxygen atoms in total. The highest BCUT2D eigenvalue weighted by Gasteiger charge is 2.62. The van der Waals surface area contributed by atoms with Gasteiger partial charge < -0.3 is 4.74 Å². The van der Waals surface area contributed by atoms with Crippen LogP contribution < -0.4 is 9.64 Å². The Kier molecular flexibility index (Phi) is 4.54. The number of imide groups is 1. The first kappa shape index (κ1) is 19.7. The fourth-order valence-electron chi connectivity index (χ4n) is 5.86. The van der Waals surface area contributed by atoms with Gasteiger partial charge in [-0.05, 0) is 34.4 Å². The molecule has 2 fully saturated rings. The zero-order valence-electron chi connectivity index (χ0n) is 18.2. The average Bonchev–Trinajstić information content (AvgIpc) is 3.50. The van der Waals surface area contributed by atoms with E-state index in [0.29, 0.717) is 11.4 Å². The second-order valence-corrected chi connectivity index (χ2v) is 8.73. The maximum absolute atomic E-state index is 13.7. The molecule has 0 aromatic heterocycles. The van der Waals surface area contributed by atoms with Crippen LogP contribution in [0.5, 0.6) is 5.75 Å². The van der Waals surface area contributed by atoms with Crippen LogP contribution >= 0.6 is 0 Å². The summed E-state index contributed by atoms with van der Waals surface area (Å²) in [5.41, 5.74) is 5.07. The topological polar surface area (TPSA) is 46.6 Å². The summed E-state index contributed by atoms with van der Waals surface area (Å²) >= 11 is 0. The molecule has 1 saturated carbocycles. The van der Waals surface area contributed by atoms with Crippen molar-refractivity contribution in [3.8, 4) is 5.75 Å². The molecule has 1 heterocycles. The van der Waals surface area contributed by atoms with Gasteiger partial charge in [-0.25, -0.2) is 4.90 Å². The minimum absolute atomic E-state index is 0.0911. The number of allylic oxidation sites excluding steroid dienone is 3. The largest absolute Gasteiger partial charge is 0.495 e. The van der Waals surface area contributed by atoms with Gasteiger partial charge in [0.15, 0.2) is 0 Å². The van der Waals surface area contributed by atoms with Gasteiger partial charge in [0.2, 0.25) is 11.8 Å². The summed E-state index contributed by atoms with van der Waals surface area (Å²) in [6.07, 6.45) is 4.26. The molecule has 2 amide bonds. The second-order valence-electron chi connectivity index (χ2n) is 8.73. The van der Waals surface area contributed by atoms with Crippen molar-refractivity contribution in [2.75, 3.05) is 12.0 Å². The van der Waals surface area contributed by atoms with Crippen LogP contribution in [0, 0.1) is 23.7 Å². The summed E-state index contributed by atoms with van der Waals surface area (Å²) in [4.78, 5) is 28.7. The highest BCUT2D eigenvalue weighted by molar-refractivity contribution is 6.24. The molecule has 0 unspecified atom stereocenters. The van der Waals surface area contributed by atoms with E-state index in [-0.39, 0.29) is 35.5 Å². The van der Waals surface area contributed by atoms with Gasteiger partial charge in [0.05, 0.1) is 24.6 Å². The van der Waals surface area contributed by atoms with E-state index < -0.39 is 0 Å². The van der Waals surface area contributed by atoms with Gasteiger partial charge in [-0.15, -0.1) is 0 Å². The standard InChI is InChI=1S/C29H23NO3/c1-33-23-15-9-8-14-22(23)30-28(31)26-20-16-17-21(27(26)29(30)32)25(20)24(18-10-4-2-5-11-18)19-12-6-3-7-13-19/h2-17,20-21,26-27H,1H3/t20-,21-,26-,27-/m0/s1. The number of fused-ring (bicyclic) bond motifs is 5. The molecule has 33 heavy (non-hydrogen) atoms. The predicted octanol–water partition coefficient (Wildman–Crippen LogP) is 5.12. The van der Waals surface area contributed by atoms with E-state index in [9.17, 15) is 9.59 Å². The molecular weight excluding hydrogens is 410 g/mol. The highest BCUT2D eigenvalue weighted by Crippen LogP contribution is 2.59. The molecule has 4 heteroatoms. The first-order valence-electron chi connectivity index (χ1n) is 11.2. The van der Waals surface area contributed by atoms with Gasteiger partial charge in [-0.1, -0.05) is 84.9 Å². The number of nitrogens with zero attached hydrogens (tertiary/aromatic N) is 1. The van der Waals surface area contributed by atoms with Crippen LogP contribution in [-0.2, 0) is 9.59 Å². The molecule has 6 rings (SSSR count). The number of carbonyl (C=O) groups excluding carboxylic acids is 2. The number of benzene rings is 3. The molecule has 3 aliphatic rings. The summed E-state index contributed by atoms with van der Waals surface area (Å²) in [5, 5.41) is 0. The Morgan fingerprint density at radius 1 is 0.697 bits per heavy atom. The summed E-state index contributed by atoms with van der Waals surface area (Å²) < 4.78 is 5.45. The highest BCUT2D eigenvalue weighted by atomic mass is 16.5. The number of methoxy groups -OCH3 is 1. The number of amides is 2. The molecule has 0 spiro atoms. The summed E-state index contributed by atoms with van der Waals surface area (Å²) in [7, 11) is 1.56. The summed E-state index contributed by atoms with van der Waals surface area (Å²) in [5.74, 6) is -0.680. The molecule has 3 aromatic carbocycles. The molecule has 1 saturated heterocycles. The molecule has 2 bridgehead atoms. The van der Waals surface area contributed by atoms with E-state index in [2.05, 4.69) is 36.4 Å². The number of anilines is 1. The Balaban J connectivity index is 1.49. The van der Waals surface area contributed by atoms with E-state index in [4.69, 9.17) is 4.74 Å². The normalized spacial score (nSPS) is 25.0. The van der Waals surface area contributed by atoms with E-state index in [1.807, 2.05) is 48.5 Å². The van der Waals surface area contributed by atoms with Crippen molar-refractivity contribution in [1.82, 2.24) is 0 Å². The van der Waals surface area contributed by atoms with Crippen molar-refractivity contribution in [2.45, 2.75) is 0 Å². The zero-order chi connectivity index (χ0) is 22.5. The smallest absolute Gasteiger partial charge is 0.238 e. The number of para-hydroxylation sites is 2. The van der Waals surface area contributed by atoms with Crippen LogP contribution in [0.4, 0.5) is 5.69 Å². The third-order valence-electron chi connectivity index (χ3n) is 7.16. The van der Waals surface area contributed by atoms with E-state index in [0.717, 1.165) is 16.7 Å². The SMILES string of the molecule is COc1ccccc1N1C(=O)[C@@H]2[C@@H](C1=O)[C@H]1C=C[C@H]2C1=C(c1ccccc1)c1ccccc1. The maximum atomic E-state index is 13.7. The minimum Gasteiger partial charge on any atom is -0.495 e. The Morgan fingerprint density at radius 2 is 1.18 bits per heavy atom. The minimum atomic E-state index is -0.380. The molecule has 0 N–H and O–H groups in total. The van der Waals surface area contributed by atoms with Crippen molar-refractivity contribution >= 4 is 23.1 Å². The number of rotatable bonds is 4. The molecular formula is C29H23NO3. The van der Waals surface area contributed by atoms with Crippen molar-refractivity contribution in [3.63, 3.8) is 0 Å². The maximum Gasteiger partial charge on any atom is 0.238 e. The molecule has 162 valence electrons. The Labute approximate surface area is 192 Å². The van der Waals surface area contributed by atoms with E-state index >= 15 is 0 Å². The summed E-state index contributed by atoms with van der Waals surface area (Å²) in [6.45, 7) is 0. The van der Waals surface area contributed by atoms with Crippen LogP contribution in [0.25, 0.3) is 5.57 Å². The fourth-order valence-corrected chi connectivity index (χ4v) is 5.86. The first-order valence-corrected chi connectivity index (χ1v) is 11.2. The van der Waals surface area contributed by atoms with Gasteiger partial charge in [-0.3, -0.25) is 9.59 Å². The van der Waals surface area contributed by atoms with E-state index in [1.165, 1.54) is 10.5 Å². The molecule has 4 atom stereocenters. The first-order chi connectivity index (χ1) is 16.2.